The van der Waals surface area contributed by atoms with Crippen molar-refractivity contribution < 1.29 is 23.3 Å². The number of carbonyl (C=O) groups excluding carboxylic acids is 2. The molecule has 8 heteroatoms. The summed E-state index contributed by atoms with van der Waals surface area (Å²) >= 11 is 0. The molecule has 0 spiro atoms. The number of rotatable bonds is 6. The fraction of sp³-hybridized carbons (Fsp3) is 0.385. The molecule has 1 heterocycles. The first-order valence-corrected chi connectivity index (χ1v) is 13.4. The van der Waals surface area contributed by atoms with Gasteiger partial charge in [0.2, 0.25) is 0 Å². The zero-order valence-corrected chi connectivity index (χ0v) is 21.4. The van der Waals surface area contributed by atoms with Gasteiger partial charge in [-0.15, -0.1) is 11.8 Å². The van der Waals surface area contributed by atoms with Gasteiger partial charge in [0.15, 0.2) is 0 Å². The molecule has 1 aliphatic heterocycles. The van der Waals surface area contributed by atoms with E-state index in [4.69, 9.17) is 13.7 Å². The van der Waals surface area contributed by atoms with Crippen molar-refractivity contribution in [1.82, 2.24) is 4.90 Å². The summed E-state index contributed by atoms with van der Waals surface area (Å²) in [4.78, 5) is 25.3. The second-order valence-corrected chi connectivity index (χ2v) is 13.7. The maximum atomic E-state index is 11.9. The Bertz CT molecular complexity index is 970. The average Bonchev–Trinajstić information content (AvgIpc) is 2.77. The molecular weight excluding hydrogens is 445 g/mol. The van der Waals surface area contributed by atoms with E-state index in [9.17, 15) is 9.59 Å². The van der Waals surface area contributed by atoms with Crippen molar-refractivity contribution in [3.63, 3.8) is 0 Å². The monoisotopic (exact) mass is 477 g/mol. The first kappa shape index (κ1) is 25.8. The van der Waals surface area contributed by atoms with Gasteiger partial charge in [-0.05, 0) is 22.5 Å². The summed E-state index contributed by atoms with van der Waals surface area (Å²) in [5.41, 5.74) is 0. The number of benzene rings is 2. The van der Waals surface area contributed by atoms with Gasteiger partial charge < -0.3 is 13.7 Å². The van der Waals surface area contributed by atoms with E-state index in [2.05, 4.69) is 81.1 Å². The van der Waals surface area contributed by atoms with E-state index in [1.54, 1.807) is 11.9 Å². The second-order valence-electron chi connectivity index (χ2n) is 9.40. The Balaban J connectivity index is 1.70. The Kier molecular flexibility index (Phi) is 8.73. The maximum Gasteiger partial charge on any atom is 0.611 e. The molecular formula is C26H32BNO5Si. The molecule has 0 saturated carbocycles. The van der Waals surface area contributed by atoms with Crippen molar-refractivity contribution in [2.45, 2.75) is 38.6 Å². The fourth-order valence-electron chi connectivity index (χ4n) is 4.23. The molecule has 0 aromatic heterocycles. The molecule has 0 amide bonds. The highest BCUT2D eigenvalue weighted by Gasteiger charge is 2.49. The van der Waals surface area contributed by atoms with Crippen LogP contribution in [0.1, 0.15) is 27.2 Å². The predicted octanol–water partition coefficient (Wildman–Crippen LogP) is 2.48. The normalized spacial score (nSPS) is 15.5. The maximum absolute atomic E-state index is 11.9. The van der Waals surface area contributed by atoms with Crippen LogP contribution < -0.4 is 10.4 Å². The Morgan fingerprint density at radius 1 is 0.912 bits per heavy atom. The van der Waals surface area contributed by atoms with Gasteiger partial charge in [-0.2, -0.15) is 0 Å². The van der Waals surface area contributed by atoms with E-state index in [-0.39, 0.29) is 24.4 Å². The van der Waals surface area contributed by atoms with Crippen LogP contribution >= 0.6 is 0 Å². The van der Waals surface area contributed by atoms with Crippen LogP contribution in [0.2, 0.25) is 11.4 Å². The summed E-state index contributed by atoms with van der Waals surface area (Å²) in [5, 5.41) is 2.34. The van der Waals surface area contributed by atoms with E-state index < -0.39 is 27.4 Å². The Labute approximate surface area is 203 Å². The highest BCUT2D eigenvalue weighted by molar-refractivity contribution is 6.99. The van der Waals surface area contributed by atoms with Crippen molar-refractivity contribution in [2.24, 2.45) is 0 Å². The highest BCUT2D eigenvalue weighted by Crippen LogP contribution is 2.36. The van der Waals surface area contributed by atoms with Crippen LogP contribution in [0.15, 0.2) is 60.7 Å². The number of nitrogens with zero attached hydrogens (tertiary/aromatic N) is 1. The zero-order chi connectivity index (χ0) is 24.6. The minimum Gasteiger partial charge on any atom is -0.498 e. The Hall–Kier alpha value is -2.86. The molecule has 0 bridgehead atoms. The molecule has 0 atom stereocenters. The molecule has 1 aliphatic rings. The molecule has 6 nitrogen and oxygen atoms in total. The summed E-state index contributed by atoms with van der Waals surface area (Å²) in [5.74, 6) is 5.20. The number of hydrogen-bond donors (Lipinski definition) is 0. The van der Waals surface area contributed by atoms with E-state index >= 15 is 0 Å². The van der Waals surface area contributed by atoms with Gasteiger partial charge in [-0.25, -0.2) is 0 Å². The number of hydrogen-bond acceptors (Lipinski definition) is 6. The van der Waals surface area contributed by atoms with Gasteiger partial charge in [0.1, 0.15) is 0 Å². The third-order valence-corrected chi connectivity index (χ3v) is 10.7. The lowest BCUT2D eigenvalue weighted by Gasteiger charge is -2.43. The quantitative estimate of drug-likeness (QED) is 0.362. The van der Waals surface area contributed by atoms with Gasteiger partial charge in [-0.3, -0.25) is 14.5 Å². The van der Waals surface area contributed by atoms with Crippen LogP contribution in [0.5, 0.6) is 0 Å². The van der Waals surface area contributed by atoms with Crippen LogP contribution in [0.3, 0.4) is 0 Å². The van der Waals surface area contributed by atoms with Crippen molar-refractivity contribution in [2.75, 3.05) is 26.7 Å². The zero-order valence-electron chi connectivity index (χ0n) is 20.4. The Morgan fingerprint density at radius 2 is 1.41 bits per heavy atom. The first-order valence-electron chi connectivity index (χ1n) is 11.5. The molecule has 0 unspecified atom stereocenters. The SMILES string of the molecule is CN1CC(=O)OB(CC#CCCO[Si](c2ccccc2)(c2ccccc2)C(C)(C)C)OC(=O)C1. The molecule has 3 rings (SSSR count). The lowest BCUT2D eigenvalue weighted by atomic mass is 9.84. The summed E-state index contributed by atoms with van der Waals surface area (Å²) in [6.07, 6.45) is 0.655. The summed E-state index contributed by atoms with van der Waals surface area (Å²) in [6.45, 7) is 7.27. The Morgan fingerprint density at radius 3 is 1.88 bits per heavy atom. The van der Waals surface area contributed by atoms with E-state index in [0.29, 0.717) is 13.0 Å². The summed E-state index contributed by atoms with van der Waals surface area (Å²) in [6, 6.07) is 20.9. The van der Waals surface area contributed by atoms with Crippen LogP contribution in [0.25, 0.3) is 0 Å². The lowest BCUT2D eigenvalue weighted by molar-refractivity contribution is -0.145. The molecule has 178 valence electrons. The van der Waals surface area contributed by atoms with Crippen molar-refractivity contribution in [3.05, 3.63) is 60.7 Å². The minimum absolute atomic E-state index is 0.0470. The van der Waals surface area contributed by atoms with Crippen LogP contribution in [0.4, 0.5) is 0 Å². The van der Waals surface area contributed by atoms with Crippen molar-refractivity contribution in [3.8, 4) is 11.8 Å². The topological polar surface area (TPSA) is 65.1 Å². The van der Waals surface area contributed by atoms with Gasteiger partial charge in [0.05, 0.1) is 19.4 Å². The number of carbonyl (C=O) groups is 2. The second kappa shape index (κ2) is 11.5. The largest absolute Gasteiger partial charge is 0.611 e. The smallest absolute Gasteiger partial charge is 0.498 e. The highest BCUT2D eigenvalue weighted by atomic mass is 28.4. The lowest BCUT2D eigenvalue weighted by Crippen LogP contribution is -2.66. The molecule has 0 radical (unpaired) electrons. The van der Waals surface area contributed by atoms with Gasteiger partial charge in [0.25, 0.3) is 8.32 Å². The van der Waals surface area contributed by atoms with Gasteiger partial charge in [-0.1, -0.05) is 81.4 Å². The average molecular weight is 477 g/mol. The fourth-order valence-corrected chi connectivity index (χ4v) is 8.80. The summed E-state index contributed by atoms with van der Waals surface area (Å²) < 4.78 is 17.2. The first-order chi connectivity index (χ1) is 16.2. The van der Waals surface area contributed by atoms with Crippen molar-refractivity contribution >= 4 is 37.7 Å². The predicted molar refractivity (Wildman–Crippen MR) is 136 cm³/mol. The van der Waals surface area contributed by atoms with Crippen molar-refractivity contribution in [1.29, 1.82) is 0 Å². The molecule has 0 N–H and O–H groups in total. The molecule has 34 heavy (non-hydrogen) atoms. The summed E-state index contributed by atoms with van der Waals surface area (Å²) in [7, 11) is -1.90. The molecule has 2 aromatic carbocycles. The van der Waals surface area contributed by atoms with E-state index in [1.807, 2.05) is 12.1 Å². The molecule has 1 fully saturated rings. The third-order valence-electron chi connectivity index (χ3n) is 5.68. The van der Waals surface area contributed by atoms with Crippen LogP contribution in [0, 0.1) is 11.8 Å². The number of likely N-dealkylation sites (N-methyl/N-ethyl adjacent to an activating group) is 1. The van der Waals surface area contributed by atoms with E-state index in [1.165, 1.54) is 10.4 Å². The standard InChI is InChI=1S/C26H32BNO5Si/c1-26(2,3)34(22-14-8-5-9-15-22,23-16-10-6-11-17-23)31-19-13-7-12-18-27-32-24(29)20-28(4)21-25(30)33-27/h5-6,8-11,14-17H,13,18-21H2,1-4H3. The molecule has 2 aromatic rings. The third kappa shape index (κ3) is 6.38. The van der Waals surface area contributed by atoms with Gasteiger partial charge >= 0.3 is 19.1 Å². The molecule has 0 aliphatic carbocycles. The van der Waals surface area contributed by atoms with E-state index in [0.717, 1.165) is 0 Å². The molecule has 1 saturated heterocycles. The van der Waals surface area contributed by atoms with Gasteiger partial charge in [0, 0.05) is 13.0 Å². The van der Waals surface area contributed by atoms with Crippen LogP contribution in [-0.4, -0.2) is 59.0 Å². The van der Waals surface area contributed by atoms with Crippen LogP contribution in [-0.2, 0) is 23.3 Å². The minimum atomic E-state index is -2.59.